The SMILES string of the molecule is Cc1ccc(CCC(O)c2ccoc2)cc1. The lowest BCUT2D eigenvalue weighted by Crippen LogP contribution is -1.98. The molecule has 0 bridgehead atoms. The molecule has 1 aromatic heterocycles. The van der Waals surface area contributed by atoms with Gasteiger partial charge in [0.2, 0.25) is 0 Å². The maximum absolute atomic E-state index is 9.87. The average Bonchev–Trinajstić information content (AvgIpc) is 2.81. The summed E-state index contributed by atoms with van der Waals surface area (Å²) in [6.07, 6.45) is 4.36. The van der Waals surface area contributed by atoms with Crippen LogP contribution in [0.2, 0.25) is 0 Å². The second-order valence-electron chi connectivity index (χ2n) is 4.10. The summed E-state index contributed by atoms with van der Waals surface area (Å²) in [6, 6.07) is 10.2. The number of aliphatic hydroxyl groups excluding tert-OH is 1. The Morgan fingerprint density at radius 3 is 2.56 bits per heavy atom. The highest BCUT2D eigenvalue weighted by Gasteiger charge is 2.08. The largest absolute Gasteiger partial charge is 0.472 e. The number of benzene rings is 1. The van der Waals surface area contributed by atoms with Crippen molar-refractivity contribution in [3.8, 4) is 0 Å². The van der Waals surface area contributed by atoms with Gasteiger partial charge in [0.1, 0.15) is 0 Å². The van der Waals surface area contributed by atoms with E-state index < -0.39 is 6.10 Å². The lowest BCUT2D eigenvalue weighted by atomic mass is 10.0. The molecule has 0 amide bonds. The van der Waals surface area contributed by atoms with Crippen LogP contribution < -0.4 is 0 Å². The van der Waals surface area contributed by atoms with Gasteiger partial charge in [0.25, 0.3) is 0 Å². The molecule has 0 aliphatic carbocycles. The van der Waals surface area contributed by atoms with Gasteiger partial charge in [-0.2, -0.15) is 0 Å². The van der Waals surface area contributed by atoms with Crippen LogP contribution in [0.15, 0.2) is 47.3 Å². The zero-order valence-corrected chi connectivity index (χ0v) is 9.39. The molecule has 0 aliphatic heterocycles. The van der Waals surface area contributed by atoms with E-state index in [1.54, 1.807) is 18.6 Å². The van der Waals surface area contributed by atoms with Crippen molar-refractivity contribution in [3.05, 3.63) is 59.5 Å². The van der Waals surface area contributed by atoms with Crippen molar-refractivity contribution in [2.45, 2.75) is 25.9 Å². The predicted octanol–water partition coefficient (Wildman–Crippen LogP) is 3.25. The Morgan fingerprint density at radius 2 is 1.94 bits per heavy atom. The molecule has 1 N–H and O–H groups in total. The highest BCUT2D eigenvalue weighted by atomic mass is 16.3. The highest BCUT2D eigenvalue weighted by molar-refractivity contribution is 5.21. The predicted molar refractivity (Wildman–Crippen MR) is 63.2 cm³/mol. The van der Waals surface area contributed by atoms with E-state index in [-0.39, 0.29) is 0 Å². The number of furan rings is 1. The molecule has 0 spiro atoms. The third-order valence-electron chi connectivity index (χ3n) is 2.76. The zero-order valence-electron chi connectivity index (χ0n) is 9.39. The first-order valence-corrected chi connectivity index (χ1v) is 5.51. The molecular weight excluding hydrogens is 200 g/mol. The minimum absolute atomic E-state index is 0.431. The normalized spacial score (nSPS) is 12.6. The van der Waals surface area contributed by atoms with Gasteiger partial charge in [0.05, 0.1) is 18.6 Å². The van der Waals surface area contributed by atoms with E-state index in [2.05, 4.69) is 31.2 Å². The minimum atomic E-state index is -0.431. The standard InChI is InChI=1S/C14H16O2/c1-11-2-4-12(5-3-11)6-7-14(15)13-8-9-16-10-13/h2-5,8-10,14-15H,6-7H2,1H3. The van der Waals surface area contributed by atoms with E-state index in [1.807, 2.05) is 0 Å². The van der Waals surface area contributed by atoms with Gasteiger partial charge in [-0.15, -0.1) is 0 Å². The summed E-state index contributed by atoms with van der Waals surface area (Å²) >= 11 is 0. The Labute approximate surface area is 95.5 Å². The molecule has 1 heterocycles. The van der Waals surface area contributed by atoms with Crippen molar-refractivity contribution in [3.63, 3.8) is 0 Å². The van der Waals surface area contributed by atoms with Crippen molar-refractivity contribution < 1.29 is 9.52 Å². The number of aryl methyl sites for hydroxylation is 2. The van der Waals surface area contributed by atoms with Gasteiger partial charge in [0.15, 0.2) is 0 Å². The van der Waals surface area contributed by atoms with E-state index in [4.69, 9.17) is 4.42 Å². The zero-order chi connectivity index (χ0) is 11.4. The monoisotopic (exact) mass is 216 g/mol. The van der Waals surface area contributed by atoms with Gasteiger partial charge in [-0.3, -0.25) is 0 Å². The van der Waals surface area contributed by atoms with E-state index in [1.165, 1.54) is 11.1 Å². The Bertz CT molecular complexity index is 415. The summed E-state index contributed by atoms with van der Waals surface area (Å²) in [6.45, 7) is 2.07. The van der Waals surface area contributed by atoms with Gasteiger partial charge in [-0.05, 0) is 31.4 Å². The van der Waals surface area contributed by atoms with E-state index in [0.29, 0.717) is 0 Å². The molecule has 0 aliphatic rings. The van der Waals surface area contributed by atoms with E-state index in [0.717, 1.165) is 18.4 Å². The average molecular weight is 216 g/mol. The summed E-state index contributed by atoms with van der Waals surface area (Å²) in [5.41, 5.74) is 3.37. The first-order valence-electron chi connectivity index (χ1n) is 5.51. The molecule has 0 radical (unpaired) electrons. The number of hydrogen-bond donors (Lipinski definition) is 1. The summed E-state index contributed by atoms with van der Waals surface area (Å²) in [4.78, 5) is 0. The minimum Gasteiger partial charge on any atom is -0.472 e. The fourth-order valence-corrected chi connectivity index (χ4v) is 1.69. The molecule has 84 valence electrons. The van der Waals surface area contributed by atoms with Crippen LogP contribution in [0.4, 0.5) is 0 Å². The van der Waals surface area contributed by atoms with Crippen LogP contribution >= 0.6 is 0 Å². The first-order chi connectivity index (χ1) is 7.75. The maximum atomic E-state index is 9.87. The third kappa shape index (κ3) is 2.74. The van der Waals surface area contributed by atoms with E-state index in [9.17, 15) is 5.11 Å². The second-order valence-corrected chi connectivity index (χ2v) is 4.10. The molecule has 2 rings (SSSR count). The van der Waals surface area contributed by atoms with Gasteiger partial charge < -0.3 is 9.52 Å². The summed E-state index contributed by atoms with van der Waals surface area (Å²) in [5.74, 6) is 0. The Hall–Kier alpha value is -1.54. The molecule has 0 saturated carbocycles. The van der Waals surface area contributed by atoms with Crippen LogP contribution in [0.5, 0.6) is 0 Å². The molecule has 2 heteroatoms. The van der Waals surface area contributed by atoms with Crippen molar-refractivity contribution in [1.29, 1.82) is 0 Å². The van der Waals surface area contributed by atoms with Crippen LogP contribution in [0.25, 0.3) is 0 Å². The Morgan fingerprint density at radius 1 is 1.19 bits per heavy atom. The molecule has 16 heavy (non-hydrogen) atoms. The molecule has 1 atom stereocenters. The topological polar surface area (TPSA) is 33.4 Å². The maximum Gasteiger partial charge on any atom is 0.0960 e. The lowest BCUT2D eigenvalue weighted by Gasteiger charge is -2.08. The molecule has 0 saturated heterocycles. The highest BCUT2D eigenvalue weighted by Crippen LogP contribution is 2.19. The van der Waals surface area contributed by atoms with Gasteiger partial charge in [-0.1, -0.05) is 29.8 Å². The molecule has 1 aromatic carbocycles. The lowest BCUT2D eigenvalue weighted by molar-refractivity contribution is 0.167. The van der Waals surface area contributed by atoms with Crippen molar-refractivity contribution >= 4 is 0 Å². The smallest absolute Gasteiger partial charge is 0.0960 e. The van der Waals surface area contributed by atoms with Crippen LogP contribution in [0, 0.1) is 6.92 Å². The van der Waals surface area contributed by atoms with Crippen LogP contribution in [0.1, 0.15) is 29.2 Å². The van der Waals surface area contributed by atoms with Gasteiger partial charge >= 0.3 is 0 Å². The van der Waals surface area contributed by atoms with Crippen molar-refractivity contribution in [2.75, 3.05) is 0 Å². The van der Waals surface area contributed by atoms with Crippen molar-refractivity contribution in [2.24, 2.45) is 0 Å². The second kappa shape index (κ2) is 4.99. The summed E-state index contributed by atoms with van der Waals surface area (Å²) < 4.78 is 4.94. The number of hydrogen-bond acceptors (Lipinski definition) is 2. The number of aliphatic hydroxyl groups is 1. The quantitative estimate of drug-likeness (QED) is 0.851. The molecular formula is C14H16O2. The van der Waals surface area contributed by atoms with Crippen LogP contribution in [-0.2, 0) is 6.42 Å². The molecule has 2 nitrogen and oxygen atoms in total. The Kier molecular flexibility index (Phi) is 3.42. The van der Waals surface area contributed by atoms with Gasteiger partial charge in [0, 0.05) is 5.56 Å². The first kappa shape index (κ1) is 11.0. The Balaban J connectivity index is 1.90. The van der Waals surface area contributed by atoms with Crippen LogP contribution in [0.3, 0.4) is 0 Å². The van der Waals surface area contributed by atoms with Crippen molar-refractivity contribution in [1.82, 2.24) is 0 Å². The van der Waals surface area contributed by atoms with Gasteiger partial charge in [-0.25, -0.2) is 0 Å². The molecule has 0 fully saturated rings. The summed E-state index contributed by atoms with van der Waals surface area (Å²) in [7, 11) is 0. The molecule has 2 aromatic rings. The van der Waals surface area contributed by atoms with Crippen LogP contribution in [-0.4, -0.2) is 5.11 Å². The summed E-state index contributed by atoms with van der Waals surface area (Å²) in [5, 5.41) is 9.87. The fourth-order valence-electron chi connectivity index (χ4n) is 1.69. The third-order valence-corrected chi connectivity index (χ3v) is 2.76. The number of rotatable bonds is 4. The van der Waals surface area contributed by atoms with E-state index >= 15 is 0 Å². The molecule has 1 unspecified atom stereocenters. The fraction of sp³-hybridized carbons (Fsp3) is 0.286.